The third kappa shape index (κ3) is 4.84. The summed E-state index contributed by atoms with van der Waals surface area (Å²) in [5.74, 6) is -0.362. The van der Waals surface area contributed by atoms with Crippen LogP contribution in [-0.4, -0.2) is 37.0 Å². The van der Waals surface area contributed by atoms with Gasteiger partial charge in [-0.15, -0.1) is 11.3 Å². The van der Waals surface area contributed by atoms with E-state index in [9.17, 15) is 9.59 Å². The summed E-state index contributed by atoms with van der Waals surface area (Å²) in [6, 6.07) is 10.5. The number of carbonyl (C=O) groups excluding carboxylic acids is 2. The molecule has 1 fully saturated rings. The molecule has 0 saturated carbocycles. The van der Waals surface area contributed by atoms with Crippen LogP contribution in [0, 0.1) is 6.92 Å². The molecule has 1 aromatic heterocycles. The van der Waals surface area contributed by atoms with Gasteiger partial charge in [0.05, 0.1) is 31.3 Å². The highest BCUT2D eigenvalue weighted by atomic mass is 79.9. The standard InChI is InChI=1S/C21H26NO3PS.BrH/c1-15-14-27-19(21(24)25-3)18(15)22-20(23)16(2)26(11-7-8-12-26)13-17-9-5-4-6-10-17;/h4-6,9-10,14,16H,7-8,11-13H2,1-3H3;1H. The molecular weight excluding hydrogens is 457 g/mol. The van der Waals surface area contributed by atoms with Crippen LogP contribution in [0.3, 0.4) is 0 Å². The van der Waals surface area contributed by atoms with Gasteiger partial charge in [0.25, 0.3) is 5.91 Å². The number of nitrogens with one attached hydrogen (secondary N) is 1. The number of halogens is 1. The number of methoxy groups -OCH3 is 1. The van der Waals surface area contributed by atoms with Crippen molar-refractivity contribution < 1.29 is 31.3 Å². The molecule has 152 valence electrons. The van der Waals surface area contributed by atoms with Crippen molar-refractivity contribution in [3.8, 4) is 0 Å². The predicted octanol–water partition coefficient (Wildman–Crippen LogP) is 2.19. The first-order chi connectivity index (χ1) is 13.0. The van der Waals surface area contributed by atoms with E-state index < -0.39 is 13.2 Å². The van der Waals surface area contributed by atoms with Crippen LogP contribution in [0.2, 0.25) is 0 Å². The number of anilines is 1. The molecule has 0 aliphatic carbocycles. The van der Waals surface area contributed by atoms with Gasteiger partial charge in [-0.3, -0.25) is 4.79 Å². The van der Waals surface area contributed by atoms with Crippen LogP contribution < -0.4 is 22.3 Å². The zero-order chi connectivity index (χ0) is 19.4. The fraction of sp³-hybridized carbons (Fsp3) is 0.429. The minimum absolute atomic E-state index is 0. The Kier molecular flexibility index (Phi) is 8.23. The van der Waals surface area contributed by atoms with E-state index in [1.165, 1.54) is 49.2 Å². The molecule has 2 heterocycles. The molecule has 1 aliphatic heterocycles. The first-order valence-electron chi connectivity index (χ1n) is 9.34. The molecule has 2 aromatic rings. The SMILES string of the molecule is COC(=O)c1scc(C)c1NC(=O)C(C)[P+]1(Cc2ccccc2)CCCC1.[Br-]. The number of benzene rings is 1. The van der Waals surface area contributed by atoms with Crippen molar-refractivity contribution in [2.24, 2.45) is 0 Å². The van der Waals surface area contributed by atoms with E-state index in [1.807, 2.05) is 18.4 Å². The summed E-state index contributed by atoms with van der Waals surface area (Å²) in [7, 11) is -0.0543. The van der Waals surface area contributed by atoms with Gasteiger partial charge in [-0.2, -0.15) is 0 Å². The van der Waals surface area contributed by atoms with Gasteiger partial charge in [0, 0.05) is 7.26 Å². The summed E-state index contributed by atoms with van der Waals surface area (Å²) >= 11 is 1.32. The van der Waals surface area contributed by atoms with E-state index in [4.69, 9.17) is 4.74 Å². The van der Waals surface area contributed by atoms with E-state index in [0.29, 0.717) is 10.6 Å². The molecule has 28 heavy (non-hydrogen) atoms. The second kappa shape index (κ2) is 10.00. The monoisotopic (exact) mass is 483 g/mol. The lowest BCUT2D eigenvalue weighted by atomic mass is 10.2. The number of rotatable bonds is 6. The molecule has 1 unspecified atom stereocenters. The van der Waals surface area contributed by atoms with Gasteiger partial charge >= 0.3 is 5.97 Å². The normalized spacial score (nSPS) is 16.1. The Bertz CT molecular complexity index is 818. The number of esters is 1. The lowest BCUT2D eigenvalue weighted by Gasteiger charge is -2.28. The molecule has 1 aromatic carbocycles. The van der Waals surface area contributed by atoms with E-state index >= 15 is 0 Å². The quantitative estimate of drug-likeness (QED) is 0.506. The molecule has 1 amide bonds. The molecular formula is C21H27BrNO3PS. The molecule has 0 spiro atoms. The van der Waals surface area contributed by atoms with E-state index in [0.717, 1.165) is 11.7 Å². The maximum absolute atomic E-state index is 13.2. The minimum Gasteiger partial charge on any atom is -1.00 e. The summed E-state index contributed by atoms with van der Waals surface area (Å²) in [6.07, 6.45) is 5.78. The largest absolute Gasteiger partial charge is 1.00 e. The summed E-state index contributed by atoms with van der Waals surface area (Å²) in [4.78, 5) is 25.7. The number of aryl methyl sites for hydroxylation is 1. The van der Waals surface area contributed by atoms with Crippen molar-refractivity contribution in [2.75, 3.05) is 24.8 Å². The number of hydrogen-bond acceptors (Lipinski definition) is 4. The van der Waals surface area contributed by atoms with Crippen LogP contribution in [0.1, 0.15) is 40.6 Å². The van der Waals surface area contributed by atoms with Gasteiger partial charge in [-0.25, -0.2) is 4.79 Å². The number of amides is 1. The number of ether oxygens (including phenoxy) is 1. The third-order valence-corrected chi connectivity index (χ3v) is 12.0. The van der Waals surface area contributed by atoms with Gasteiger partial charge in [0.2, 0.25) is 0 Å². The molecule has 1 saturated heterocycles. The lowest BCUT2D eigenvalue weighted by Crippen LogP contribution is -3.00. The number of thiophene rings is 1. The minimum atomic E-state index is -1.42. The molecule has 1 aliphatic rings. The highest BCUT2D eigenvalue weighted by molar-refractivity contribution is 7.76. The average Bonchev–Trinajstić information content (AvgIpc) is 3.29. The van der Waals surface area contributed by atoms with Crippen molar-refractivity contribution in [3.05, 3.63) is 51.7 Å². The Hall–Kier alpha value is -1.23. The zero-order valence-electron chi connectivity index (χ0n) is 16.5. The van der Waals surface area contributed by atoms with Crippen molar-refractivity contribution in [1.82, 2.24) is 0 Å². The third-order valence-electron chi connectivity index (χ3n) is 5.59. The molecule has 1 N–H and O–H groups in total. The second-order valence-electron chi connectivity index (χ2n) is 7.30. The Morgan fingerprint density at radius 1 is 1.21 bits per heavy atom. The fourth-order valence-electron chi connectivity index (χ4n) is 3.91. The first-order valence-corrected chi connectivity index (χ1v) is 12.6. The Morgan fingerprint density at radius 3 is 2.46 bits per heavy atom. The molecule has 4 nitrogen and oxygen atoms in total. The van der Waals surface area contributed by atoms with E-state index in [-0.39, 0.29) is 28.5 Å². The zero-order valence-corrected chi connectivity index (χ0v) is 19.8. The predicted molar refractivity (Wildman–Crippen MR) is 115 cm³/mol. The van der Waals surface area contributed by atoms with Crippen LogP contribution in [0.25, 0.3) is 0 Å². The summed E-state index contributed by atoms with van der Waals surface area (Å²) in [6.45, 7) is 3.99. The first kappa shape index (κ1) is 23.1. The second-order valence-corrected chi connectivity index (χ2v) is 12.6. The fourth-order valence-corrected chi connectivity index (χ4v) is 9.63. The molecule has 0 radical (unpaired) electrons. The maximum atomic E-state index is 13.2. The average molecular weight is 484 g/mol. The van der Waals surface area contributed by atoms with E-state index in [1.54, 1.807) is 0 Å². The van der Waals surface area contributed by atoms with Crippen molar-refractivity contribution in [2.45, 2.75) is 38.5 Å². The smallest absolute Gasteiger partial charge is 0.350 e. The molecule has 0 bridgehead atoms. The Morgan fingerprint density at radius 2 is 1.86 bits per heavy atom. The number of hydrogen-bond donors (Lipinski definition) is 1. The highest BCUT2D eigenvalue weighted by Crippen LogP contribution is 2.69. The van der Waals surface area contributed by atoms with Crippen LogP contribution >= 0.6 is 18.6 Å². The molecule has 1 atom stereocenters. The van der Waals surface area contributed by atoms with Crippen LogP contribution in [-0.2, 0) is 15.7 Å². The van der Waals surface area contributed by atoms with Crippen molar-refractivity contribution >= 4 is 36.2 Å². The summed E-state index contributed by atoms with van der Waals surface area (Å²) in [5.41, 5.74) is 2.82. The van der Waals surface area contributed by atoms with Gasteiger partial charge in [0.1, 0.15) is 10.5 Å². The van der Waals surface area contributed by atoms with Crippen molar-refractivity contribution in [1.29, 1.82) is 0 Å². The number of carbonyl (C=O) groups is 2. The topological polar surface area (TPSA) is 55.4 Å². The van der Waals surface area contributed by atoms with Crippen LogP contribution in [0.5, 0.6) is 0 Å². The maximum Gasteiger partial charge on any atom is 0.350 e. The van der Waals surface area contributed by atoms with Gasteiger partial charge in [-0.05, 0) is 43.2 Å². The summed E-state index contributed by atoms with van der Waals surface area (Å²) < 4.78 is 4.86. The van der Waals surface area contributed by atoms with Crippen molar-refractivity contribution in [3.63, 3.8) is 0 Å². The lowest BCUT2D eigenvalue weighted by molar-refractivity contribution is -0.115. The van der Waals surface area contributed by atoms with Crippen LogP contribution in [0.4, 0.5) is 5.69 Å². The Balaban J connectivity index is 0.00000280. The summed E-state index contributed by atoms with van der Waals surface area (Å²) in [5, 5.41) is 4.95. The van der Waals surface area contributed by atoms with E-state index in [2.05, 4.69) is 36.5 Å². The Labute approximate surface area is 182 Å². The van der Waals surface area contributed by atoms with Gasteiger partial charge in [-0.1, -0.05) is 30.3 Å². The highest BCUT2D eigenvalue weighted by Gasteiger charge is 2.49. The van der Waals surface area contributed by atoms with Gasteiger partial charge in [0.15, 0.2) is 0 Å². The van der Waals surface area contributed by atoms with Crippen LogP contribution in [0.15, 0.2) is 35.7 Å². The molecule has 7 heteroatoms. The molecule has 3 rings (SSSR count). The van der Waals surface area contributed by atoms with Gasteiger partial charge < -0.3 is 27.0 Å².